The highest BCUT2D eigenvalue weighted by Crippen LogP contribution is 2.28. The smallest absolute Gasteiger partial charge is 0.250 e. The van der Waals surface area contributed by atoms with Gasteiger partial charge in [-0.25, -0.2) is 8.78 Å². The monoisotopic (exact) mass is 195 g/mol. The van der Waals surface area contributed by atoms with Gasteiger partial charge in [-0.3, -0.25) is 0 Å². The van der Waals surface area contributed by atoms with Gasteiger partial charge < -0.3 is 5.32 Å². The Labute approximate surface area is 76.3 Å². The van der Waals surface area contributed by atoms with E-state index in [0.717, 1.165) is 6.42 Å². The minimum Gasteiger partial charge on any atom is -0.308 e. The van der Waals surface area contributed by atoms with Crippen LogP contribution in [0.3, 0.4) is 0 Å². The number of alkyl halides is 2. The summed E-state index contributed by atoms with van der Waals surface area (Å²) >= 11 is 1.78. The third-order valence-corrected chi connectivity index (χ3v) is 3.46. The fourth-order valence-corrected chi connectivity index (χ4v) is 2.65. The van der Waals surface area contributed by atoms with Gasteiger partial charge in [0.2, 0.25) is 0 Å². The molecule has 0 bridgehead atoms. The lowest BCUT2D eigenvalue weighted by atomic mass is 10.2. The molecule has 0 aromatic heterocycles. The first-order valence-corrected chi connectivity index (χ1v) is 5.57. The molecular weight excluding hydrogens is 180 g/mol. The molecule has 0 amide bonds. The molecule has 1 saturated carbocycles. The molecule has 1 nitrogen and oxygen atoms in total. The van der Waals surface area contributed by atoms with E-state index in [1.807, 2.05) is 6.26 Å². The van der Waals surface area contributed by atoms with E-state index in [4.69, 9.17) is 0 Å². The van der Waals surface area contributed by atoms with Gasteiger partial charge in [-0.15, -0.1) is 0 Å². The van der Waals surface area contributed by atoms with Crippen LogP contribution in [-0.2, 0) is 0 Å². The SMILES string of the molecule is CSC1CCCC1NCC(F)F. The van der Waals surface area contributed by atoms with Crippen LogP contribution in [-0.4, -0.2) is 30.5 Å². The van der Waals surface area contributed by atoms with E-state index in [9.17, 15) is 8.78 Å². The van der Waals surface area contributed by atoms with E-state index in [1.165, 1.54) is 12.8 Å². The van der Waals surface area contributed by atoms with Gasteiger partial charge in [0.05, 0.1) is 6.54 Å². The van der Waals surface area contributed by atoms with Gasteiger partial charge in [-0.1, -0.05) is 6.42 Å². The lowest BCUT2D eigenvalue weighted by Gasteiger charge is -2.18. The average molecular weight is 195 g/mol. The number of thioether (sulfide) groups is 1. The van der Waals surface area contributed by atoms with Crippen LogP contribution in [0, 0.1) is 0 Å². The van der Waals surface area contributed by atoms with Crippen molar-refractivity contribution in [2.75, 3.05) is 12.8 Å². The van der Waals surface area contributed by atoms with E-state index in [0.29, 0.717) is 11.3 Å². The fourth-order valence-electron chi connectivity index (χ4n) is 1.68. The van der Waals surface area contributed by atoms with Gasteiger partial charge >= 0.3 is 0 Å². The van der Waals surface area contributed by atoms with Crippen LogP contribution < -0.4 is 5.32 Å². The predicted octanol–water partition coefficient (Wildman–Crippen LogP) is 2.13. The molecule has 1 aliphatic rings. The Balaban J connectivity index is 2.21. The normalized spacial score (nSPS) is 30.0. The summed E-state index contributed by atoms with van der Waals surface area (Å²) in [6.45, 7) is -0.151. The Bertz CT molecular complexity index is 132. The minimum absolute atomic E-state index is 0.151. The van der Waals surface area contributed by atoms with Gasteiger partial charge in [0.1, 0.15) is 0 Å². The highest BCUT2D eigenvalue weighted by molar-refractivity contribution is 7.99. The molecule has 2 atom stereocenters. The van der Waals surface area contributed by atoms with Crippen LogP contribution in [0.5, 0.6) is 0 Å². The summed E-state index contributed by atoms with van der Waals surface area (Å²) in [5.74, 6) is 0. The van der Waals surface area contributed by atoms with Crippen molar-refractivity contribution in [2.24, 2.45) is 0 Å². The topological polar surface area (TPSA) is 12.0 Å². The molecule has 1 fully saturated rings. The number of hydrogen-bond donors (Lipinski definition) is 1. The zero-order valence-electron chi connectivity index (χ0n) is 7.22. The molecule has 1 aliphatic carbocycles. The summed E-state index contributed by atoms with van der Waals surface area (Å²) in [5.41, 5.74) is 0. The molecule has 72 valence electrons. The van der Waals surface area contributed by atoms with Crippen molar-refractivity contribution in [3.63, 3.8) is 0 Å². The number of rotatable bonds is 4. The Kier molecular flexibility index (Phi) is 4.29. The lowest BCUT2D eigenvalue weighted by molar-refractivity contribution is 0.142. The summed E-state index contributed by atoms with van der Waals surface area (Å²) in [7, 11) is 0. The summed E-state index contributed by atoms with van der Waals surface area (Å²) in [5, 5.41) is 3.46. The second kappa shape index (κ2) is 5.02. The van der Waals surface area contributed by atoms with Crippen molar-refractivity contribution in [2.45, 2.75) is 37.0 Å². The molecule has 12 heavy (non-hydrogen) atoms. The molecular formula is C8H15F2NS. The van der Waals surface area contributed by atoms with Crippen molar-refractivity contribution in [1.29, 1.82) is 0 Å². The molecule has 0 spiro atoms. The first-order chi connectivity index (χ1) is 5.74. The van der Waals surface area contributed by atoms with Crippen LogP contribution >= 0.6 is 11.8 Å². The molecule has 1 N–H and O–H groups in total. The average Bonchev–Trinajstić information content (AvgIpc) is 2.47. The Morgan fingerprint density at radius 3 is 2.83 bits per heavy atom. The van der Waals surface area contributed by atoms with E-state index < -0.39 is 6.43 Å². The van der Waals surface area contributed by atoms with Crippen LogP contribution in [0.2, 0.25) is 0 Å². The standard InChI is InChI=1S/C8H15F2NS/c1-12-7-4-2-3-6(7)11-5-8(9)10/h6-8,11H,2-5H2,1H3. The molecule has 0 radical (unpaired) electrons. The Hall–Kier alpha value is 0.170. The van der Waals surface area contributed by atoms with E-state index >= 15 is 0 Å². The zero-order chi connectivity index (χ0) is 8.97. The summed E-state index contributed by atoms with van der Waals surface area (Å²) < 4.78 is 23.7. The van der Waals surface area contributed by atoms with Crippen molar-refractivity contribution in [3.05, 3.63) is 0 Å². The minimum atomic E-state index is -2.21. The molecule has 2 unspecified atom stereocenters. The first-order valence-electron chi connectivity index (χ1n) is 4.28. The maximum Gasteiger partial charge on any atom is 0.250 e. The van der Waals surface area contributed by atoms with Crippen LogP contribution in [0.1, 0.15) is 19.3 Å². The van der Waals surface area contributed by atoms with Crippen molar-refractivity contribution < 1.29 is 8.78 Å². The van der Waals surface area contributed by atoms with Gasteiger partial charge in [0.25, 0.3) is 6.43 Å². The van der Waals surface area contributed by atoms with Gasteiger partial charge in [-0.05, 0) is 19.1 Å². The molecule has 0 saturated heterocycles. The fraction of sp³-hybridized carbons (Fsp3) is 1.00. The van der Waals surface area contributed by atoms with Crippen LogP contribution in [0.4, 0.5) is 8.78 Å². The largest absolute Gasteiger partial charge is 0.308 e. The summed E-state index contributed by atoms with van der Waals surface area (Å²) in [4.78, 5) is 0. The first kappa shape index (κ1) is 10.3. The lowest BCUT2D eigenvalue weighted by Crippen LogP contribution is -2.36. The van der Waals surface area contributed by atoms with Crippen molar-refractivity contribution >= 4 is 11.8 Å². The quantitative estimate of drug-likeness (QED) is 0.737. The zero-order valence-corrected chi connectivity index (χ0v) is 8.04. The van der Waals surface area contributed by atoms with Gasteiger partial charge in [0.15, 0.2) is 0 Å². The summed E-state index contributed by atoms with van der Waals surface area (Å²) in [6, 6.07) is 0.314. The highest BCUT2D eigenvalue weighted by atomic mass is 32.2. The maximum atomic E-state index is 11.8. The van der Waals surface area contributed by atoms with Crippen molar-refractivity contribution in [1.82, 2.24) is 5.32 Å². The van der Waals surface area contributed by atoms with Gasteiger partial charge in [0, 0.05) is 11.3 Å². The number of nitrogens with one attached hydrogen (secondary N) is 1. The third kappa shape index (κ3) is 2.90. The van der Waals surface area contributed by atoms with E-state index in [1.54, 1.807) is 11.8 Å². The van der Waals surface area contributed by atoms with Crippen LogP contribution in [0.25, 0.3) is 0 Å². The van der Waals surface area contributed by atoms with Crippen molar-refractivity contribution in [3.8, 4) is 0 Å². The Morgan fingerprint density at radius 2 is 2.25 bits per heavy atom. The second-order valence-electron chi connectivity index (χ2n) is 3.11. The predicted molar refractivity (Wildman–Crippen MR) is 48.9 cm³/mol. The number of halogens is 2. The highest BCUT2D eigenvalue weighted by Gasteiger charge is 2.26. The van der Waals surface area contributed by atoms with Crippen LogP contribution in [0.15, 0.2) is 0 Å². The molecule has 0 aliphatic heterocycles. The van der Waals surface area contributed by atoms with E-state index in [2.05, 4.69) is 5.32 Å². The van der Waals surface area contributed by atoms with Gasteiger partial charge in [-0.2, -0.15) is 11.8 Å². The third-order valence-electron chi connectivity index (χ3n) is 2.29. The molecule has 0 aromatic carbocycles. The molecule has 1 rings (SSSR count). The molecule has 4 heteroatoms. The maximum absolute atomic E-state index is 11.8. The Morgan fingerprint density at radius 1 is 1.50 bits per heavy atom. The number of hydrogen-bond acceptors (Lipinski definition) is 2. The second-order valence-corrected chi connectivity index (χ2v) is 4.19. The summed E-state index contributed by atoms with van der Waals surface area (Å²) in [6.07, 6.45) is 3.23. The molecule has 0 aromatic rings. The molecule has 0 heterocycles. The van der Waals surface area contributed by atoms with E-state index in [-0.39, 0.29) is 6.54 Å².